The van der Waals surface area contributed by atoms with Gasteiger partial charge in [-0.25, -0.2) is 0 Å². The Morgan fingerprint density at radius 2 is 2.00 bits per heavy atom. The van der Waals surface area contributed by atoms with Gasteiger partial charge >= 0.3 is 0 Å². The standard InChI is InChI=1S/C11H14BrClN2S/c1-11(2,3)15-10(16)14-9-5-4-7(12)6-8(9)13/h4-6H,1-3H3,(H2,14,15,16). The molecular weight excluding hydrogens is 308 g/mol. The van der Waals surface area contributed by atoms with Gasteiger partial charge in [0.05, 0.1) is 10.7 Å². The van der Waals surface area contributed by atoms with Crippen LogP contribution in [0.3, 0.4) is 0 Å². The van der Waals surface area contributed by atoms with Gasteiger partial charge in [0.1, 0.15) is 0 Å². The molecule has 0 aliphatic heterocycles. The van der Waals surface area contributed by atoms with Crippen molar-refractivity contribution in [3.05, 3.63) is 27.7 Å². The summed E-state index contributed by atoms with van der Waals surface area (Å²) in [6.45, 7) is 6.14. The van der Waals surface area contributed by atoms with Crippen molar-refractivity contribution in [2.75, 3.05) is 5.32 Å². The van der Waals surface area contributed by atoms with Crippen LogP contribution in [0.1, 0.15) is 20.8 Å². The van der Waals surface area contributed by atoms with E-state index in [1.54, 1.807) is 0 Å². The zero-order valence-corrected chi connectivity index (χ0v) is 12.6. The molecule has 0 aliphatic carbocycles. The molecule has 0 heterocycles. The molecule has 2 nitrogen and oxygen atoms in total. The second kappa shape index (κ2) is 5.34. The van der Waals surface area contributed by atoms with Crippen LogP contribution in [0.25, 0.3) is 0 Å². The Hall–Kier alpha value is -0.320. The lowest BCUT2D eigenvalue weighted by atomic mass is 10.1. The minimum Gasteiger partial charge on any atom is -0.358 e. The number of hydrogen-bond donors (Lipinski definition) is 2. The minimum atomic E-state index is -0.0636. The average molecular weight is 322 g/mol. The van der Waals surface area contributed by atoms with E-state index in [9.17, 15) is 0 Å². The minimum absolute atomic E-state index is 0.0636. The maximum absolute atomic E-state index is 6.06. The molecule has 0 saturated carbocycles. The summed E-state index contributed by atoms with van der Waals surface area (Å²) in [7, 11) is 0. The van der Waals surface area contributed by atoms with Gasteiger partial charge in [0.15, 0.2) is 5.11 Å². The van der Waals surface area contributed by atoms with Crippen molar-refractivity contribution in [3.63, 3.8) is 0 Å². The number of hydrogen-bond acceptors (Lipinski definition) is 1. The van der Waals surface area contributed by atoms with E-state index in [4.69, 9.17) is 23.8 Å². The number of nitrogens with one attached hydrogen (secondary N) is 2. The van der Waals surface area contributed by atoms with Crippen LogP contribution in [0.2, 0.25) is 5.02 Å². The van der Waals surface area contributed by atoms with E-state index in [1.807, 2.05) is 39.0 Å². The van der Waals surface area contributed by atoms with E-state index in [1.165, 1.54) is 0 Å². The first kappa shape index (κ1) is 13.7. The molecule has 0 bridgehead atoms. The quantitative estimate of drug-likeness (QED) is 0.759. The normalized spacial score (nSPS) is 11.1. The van der Waals surface area contributed by atoms with Crippen molar-refractivity contribution >= 4 is 50.5 Å². The van der Waals surface area contributed by atoms with Crippen molar-refractivity contribution in [1.82, 2.24) is 5.32 Å². The Bertz CT molecular complexity index is 401. The smallest absolute Gasteiger partial charge is 0.171 e. The third-order valence-corrected chi connectivity index (χ3v) is 2.68. The first-order valence-corrected chi connectivity index (χ1v) is 6.40. The van der Waals surface area contributed by atoms with Crippen molar-refractivity contribution in [2.45, 2.75) is 26.3 Å². The van der Waals surface area contributed by atoms with Crippen molar-refractivity contribution in [1.29, 1.82) is 0 Å². The van der Waals surface area contributed by atoms with Crippen LogP contribution in [0.5, 0.6) is 0 Å². The molecule has 0 spiro atoms. The molecule has 0 saturated heterocycles. The molecule has 5 heteroatoms. The molecule has 16 heavy (non-hydrogen) atoms. The van der Waals surface area contributed by atoms with E-state index >= 15 is 0 Å². The molecular formula is C11H14BrClN2S. The van der Waals surface area contributed by atoms with Crippen LogP contribution in [0, 0.1) is 0 Å². The maximum Gasteiger partial charge on any atom is 0.171 e. The summed E-state index contributed by atoms with van der Waals surface area (Å²) in [5.41, 5.74) is 0.734. The lowest BCUT2D eigenvalue weighted by Gasteiger charge is -2.23. The monoisotopic (exact) mass is 320 g/mol. The maximum atomic E-state index is 6.06. The van der Waals surface area contributed by atoms with E-state index in [-0.39, 0.29) is 5.54 Å². The van der Waals surface area contributed by atoms with E-state index < -0.39 is 0 Å². The Kier molecular flexibility index (Phi) is 4.59. The number of anilines is 1. The fraction of sp³-hybridized carbons (Fsp3) is 0.364. The highest BCUT2D eigenvalue weighted by atomic mass is 79.9. The van der Waals surface area contributed by atoms with Crippen LogP contribution in [-0.2, 0) is 0 Å². The molecule has 88 valence electrons. The molecule has 0 aliphatic rings. The van der Waals surface area contributed by atoms with Crippen LogP contribution in [-0.4, -0.2) is 10.7 Å². The highest BCUT2D eigenvalue weighted by Gasteiger charge is 2.11. The number of benzene rings is 1. The van der Waals surface area contributed by atoms with Gasteiger partial charge in [0, 0.05) is 10.0 Å². The highest BCUT2D eigenvalue weighted by molar-refractivity contribution is 9.10. The van der Waals surface area contributed by atoms with Crippen LogP contribution in [0.15, 0.2) is 22.7 Å². The Morgan fingerprint density at radius 3 is 2.50 bits per heavy atom. The second-order valence-electron chi connectivity index (χ2n) is 4.45. The first-order chi connectivity index (χ1) is 7.28. The summed E-state index contributed by atoms with van der Waals surface area (Å²) >= 11 is 14.6. The summed E-state index contributed by atoms with van der Waals surface area (Å²) < 4.78 is 0.942. The lowest BCUT2D eigenvalue weighted by molar-refractivity contribution is 0.515. The highest BCUT2D eigenvalue weighted by Crippen LogP contribution is 2.25. The van der Waals surface area contributed by atoms with Crippen molar-refractivity contribution in [3.8, 4) is 0 Å². The summed E-state index contributed by atoms with van der Waals surface area (Å²) in [4.78, 5) is 0. The molecule has 0 unspecified atom stereocenters. The third-order valence-electron chi connectivity index (χ3n) is 1.67. The van der Waals surface area contributed by atoms with Gasteiger partial charge in [0.2, 0.25) is 0 Å². The molecule has 2 N–H and O–H groups in total. The SMILES string of the molecule is CC(C)(C)NC(=S)Nc1ccc(Br)cc1Cl. The predicted molar refractivity (Wildman–Crippen MR) is 78.3 cm³/mol. The number of rotatable bonds is 1. The van der Waals surface area contributed by atoms with Crippen molar-refractivity contribution in [2.24, 2.45) is 0 Å². The van der Waals surface area contributed by atoms with Crippen LogP contribution >= 0.6 is 39.7 Å². The van der Waals surface area contributed by atoms with Gasteiger partial charge in [-0.05, 0) is 51.2 Å². The molecule has 0 amide bonds. The van der Waals surface area contributed by atoms with E-state index in [0.717, 1.165) is 10.2 Å². The lowest BCUT2D eigenvalue weighted by Crippen LogP contribution is -2.42. The molecule has 1 aromatic carbocycles. The Morgan fingerprint density at radius 1 is 1.38 bits per heavy atom. The van der Waals surface area contributed by atoms with Gasteiger partial charge in [-0.15, -0.1) is 0 Å². The largest absolute Gasteiger partial charge is 0.358 e. The molecule has 0 aromatic heterocycles. The predicted octanol–water partition coefficient (Wildman–Crippen LogP) is 4.19. The topological polar surface area (TPSA) is 24.1 Å². The number of halogens is 2. The fourth-order valence-electron chi connectivity index (χ4n) is 1.09. The molecule has 0 fully saturated rings. The first-order valence-electron chi connectivity index (χ1n) is 4.82. The Labute approximate surface area is 115 Å². The van der Waals surface area contributed by atoms with Gasteiger partial charge in [-0.1, -0.05) is 27.5 Å². The van der Waals surface area contributed by atoms with E-state index in [2.05, 4.69) is 26.6 Å². The summed E-state index contributed by atoms with van der Waals surface area (Å²) in [6.07, 6.45) is 0. The van der Waals surface area contributed by atoms with Gasteiger partial charge in [-0.3, -0.25) is 0 Å². The molecule has 1 aromatic rings. The summed E-state index contributed by atoms with van der Waals surface area (Å²) in [5.74, 6) is 0. The zero-order chi connectivity index (χ0) is 12.3. The third kappa shape index (κ3) is 4.68. The van der Waals surface area contributed by atoms with Gasteiger partial charge in [-0.2, -0.15) is 0 Å². The summed E-state index contributed by atoms with van der Waals surface area (Å²) in [6, 6.07) is 5.61. The average Bonchev–Trinajstić information content (AvgIpc) is 2.06. The number of thiocarbonyl (C=S) groups is 1. The van der Waals surface area contributed by atoms with Crippen LogP contribution < -0.4 is 10.6 Å². The summed E-state index contributed by atoms with van der Waals surface area (Å²) in [5, 5.41) is 7.42. The Balaban J connectivity index is 2.70. The second-order valence-corrected chi connectivity index (χ2v) is 6.18. The zero-order valence-electron chi connectivity index (χ0n) is 9.40. The van der Waals surface area contributed by atoms with Gasteiger partial charge < -0.3 is 10.6 Å². The van der Waals surface area contributed by atoms with E-state index in [0.29, 0.717) is 10.1 Å². The molecule has 1 rings (SSSR count). The fourth-order valence-corrected chi connectivity index (χ4v) is 2.22. The van der Waals surface area contributed by atoms with Crippen molar-refractivity contribution < 1.29 is 0 Å². The molecule has 0 atom stereocenters. The van der Waals surface area contributed by atoms with Gasteiger partial charge in [0.25, 0.3) is 0 Å². The van der Waals surface area contributed by atoms with Crippen LogP contribution in [0.4, 0.5) is 5.69 Å². The molecule has 0 radical (unpaired) electrons.